The molecule has 1 aliphatic carbocycles. The predicted octanol–water partition coefficient (Wildman–Crippen LogP) is 2.56. The summed E-state index contributed by atoms with van der Waals surface area (Å²) in [6.07, 6.45) is 4.10. The van der Waals surface area contributed by atoms with Gasteiger partial charge >= 0.3 is 0 Å². The summed E-state index contributed by atoms with van der Waals surface area (Å²) in [7, 11) is 0. The number of fused-ring (bicyclic) bond motifs is 1. The molecule has 1 saturated carbocycles. The molecule has 1 aliphatic heterocycles. The van der Waals surface area contributed by atoms with Gasteiger partial charge in [-0.3, -0.25) is 4.79 Å². The number of rotatable bonds is 3. The Hall–Kier alpha value is -1.85. The van der Waals surface area contributed by atoms with Crippen molar-refractivity contribution in [3.05, 3.63) is 36.0 Å². The first-order chi connectivity index (χ1) is 11.6. The lowest BCUT2D eigenvalue weighted by Crippen LogP contribution is -2.62. The van der Waals surface area contributed by atoms with Crippen LogP contribution >= 0.6 is 0 Å². The summed E-state index contributed by atoms with van der Waals surface area (Å²) >= 11 is 0. The van der Waals surface area contributed by atoms with E-state index in [9.17, 15) is 9.90 Å². The van der Waals surface area contributed by atoms with Crippen molar-refractivity contribution < 1.29 is 14.6 Å². The molecule has 24 heavy (non-hydrogen) atoms. The number of aliphatic hydroxyl groups excluding tert-OH is 1. The van der Waals surface area contributed by atoms with Gasteiger partial charge in [0.1, 0.15) is 0 Å². The average molecular weight is 328 g/mol. The van der Waals surface area contributed by atoms with Gasteiger partial charge in [0, 0.05) is 54.2 Å². The van der Waals surface area contributed by atoms with E-state index in [-0.39, 0.29) is 23.5 Å². The summed E-state index contributed by atoms with van der Waals surface area (Å²) in [6, 6.07) is 7.76. The molecule has 2 fully saturated rings. The van der Waals surface area contributed by atoms with E-state index >= 15 is 0 Å². The van der Waals surface area contributed by atoms with Gasteiger partial charge in [0.2, 0.25) is 0 Å². The number of benzene rings is 1. The van der Waals surface area contributed by atoms with E-state index < -0.39 is 0 Å². The predicted molar refractivity (Wildman–Crippen MR) is 91.9 cm³/mol. The molecule has 1 aromatic carbocycles. The van der Waals surface area contributed by atoms with E-state index in [4.69, 9.17) is 4.74 Å². The molecule has 2 heterocycles. The van der Waals surface area contributed by atoms with E-state index in [0.29, 0.717) is 19.7 Å². The van der Waals surface area contributed by atoms with E-state index in [1.807, 2.05) is 42.3 Å². The normalized spacial score (nSPS) is 25.8. The molecular formula is C19H24N2O3. The maximum Gasteiger partial charge on any atom is 0.253 e. The fraction of sp³-hybridized carbons (Fsp3) is 0.526. The molecule has 5 nitrogen and oxygen atoms in total. The number of nitrogens with one attached hydrogen (secondary N) is 1. The van der Waals surface area contributed by atoms with E-state index in [1.54, 1.807) is 0 Å². The van der Waals surface area contributed by atoms with Gasteiger partial charge in [-0.25, -0.2) is 0 Å². The van der Waals surface area contributed by atoms with Crippen molar-refractivity contribution in [2.45, 2.75) is 38.4 Å². The van der Waals surface area contributed by atoms with Crippen molar-refractivity contribution in [1.29, 1.82) is 0 Å². The third kappa shape index (κ3) is 2.34. The van der Waals surface area contributed by atoms with E-state index in [0.717, 1.165) is 35.7 Å². The van der Waals surface area contributed by atoms with Crippen LogP contribution in [0.4, 0.5) is 0 Å². The lowest BCUT2D eigenvalue weighted by Gasteiger charge is -2.56. The Bertz CT molecular complexity index is 744. The van der Waals surface area contributed by atoms with Gasteiger partial charge in [0.15, 0.2) is 0 Å². The zero-order chi connectivity index (χ0) is 16.7. The molecule has 0 radical (unpaired) electrons. The maximum absolute atomic E-state index is 12.8. The molecule has 1 aromatic heterocycles. The molecule has 2 aromatic rings. The SMILES string of the molecule is CCO[C@@H]1C[C@H](O)C12CCN(C(=O)c1ccc3[nH]ccc3c1)CC2. The van der Waals surface area contributed by atoms with Crippen LogP contribution in [0, 0.1) is 5.41 Å². The Labute approximate surface area is 141 Å². The minimum Gasteiger partial charge on any atom is -0.392 e. The fourth-order valence-corrected chi connectivity index (χ4v) is 4.31. The summed E-state index contributed by atoms with van der Waals surface area (Å²) in [5, 5.41) is 11.3. The summed E-state index contributed by atoms with van der Waals surface area (Å²) in [4.78, 5) is 17.8. The standard InChI is InChI=1S/C19H24N2O3/c1-2-24-17-12-16(22)19(17)6-9-21(10-7-19)18(23)14-3-4-15-13(11-14)5-8-20-15/h3-5,8,11,16-17,20,22H,2,6-7,9-10,12H2,1H3/t16-,17+/m0/s1. The molecule has 2 aliphatic rings. The quantitative estimate of drug-likeness (QED) is 0.910. The summed E-state index contributed by atoms with van der Waals surface area (Å²) < 4.78 is 5.79. The van der Waals surface area contributed by atoms with Crippen molar-refractivity contribution in [3.63, 3.8) is 0 Å². The third-order valence-electron chi connectivity index (χ3n) is 5.89. The van der Waals surface area contributed by atoms with Gasteiger partial charge in [-0.05, 0) is 44.0 Å². The molecule has 2 N–H and O–H groups in total. The summed E-state index contributed by atoms with van der Waals surface area (Å²) in [5.41, 5.74) is 1.63. The number of aliphatic hydroxyl groups is 1. The van der Waals surface area contributed by atoms with Gasteiger partial charge in [-0.1, -0.05) is 0 Å². The van der Waals surface area contributed by atoms with Gasteiger partial charge in [0.25, 0.3) is 5.91 Å². The average Bonchev–Trinajstić information content (AvgIpc) is 3.09. The van der Waals surface area contributed by atoms with Crippen molar-refractivity contribution in [1.82, 2.24) is 9.88 Å². The number of amides is 1. The highest BCUT2D eigenvalue weighted by Gasteiger charge is 2.56. The monoisotopic (exact) mass is 328 g/mol. The largest absolute Gasteiger partial charge is 0.392 e. The second-order valence-corrected chi connectivity index (χ2v) is 7.00. The molecule has 4 rings (SSSR count). The minimum absolute atomic E-state index is 0.0784. The second-order valence-electron chi connectivity index (χ2n) is 7.00. The lowest BCUT2D eigenvalue weighted by atomic mass is 9.58. The Morgan fingerprint density at radius 1 is 1.38 bits per heavy atom. The molecule has 1 amide bonds. The summed E-state index contributed by atoms with van der Waals surface area (Å²) in [5.74, 6) is 0.0784. The molecule has 1 saturated heterocycles. The van der Waals surface area contributed by atoms with Gasteiger partial charge in [-0.15, -0.1) is 0 Å². The Morgan fingerprint density at radius 3 is 2.88 bits per heavy atom. The van der Waals surface area contributed by atoms with Crippen molar-refractivity contribution in [3.8, 4) is 0 Å². The molecule has 1 spiro atoms. The van der Waals surface area contributed by atoms with Crippen molar-refractivity contribution >= 4 is 16.8 Å². The van der Waals surface area contributed by atoms with Gasteiger partial charge in [0.05, 0.1) is 12.2 Å². The fourth-order valence-electron chi connectivity index (χ4n) is 4.31. The zero-order valence-electron chi connectivity index (χ0n) is 14.0. The van der Waals surface area contributed by atoms with Crippen LogP contribution in [0.3, 0.4) is 0 Å². The Morgan fingerprint density at radius 2 is 2.17 bits per heavy atom. The molecular weight excluding hydrogens is 304 g/mol. The minimum atomic E-state index is -0.289. The molecule has 128 valence electrons. The van der Waals surface area contributed by atoms with E-state index in [2.05, 4.69) is 4.98 Å². The number of likely N-dealkylation sites (tertiary alicyclic amines) is 1. The number of piperidine rings is 1. The number of aromatic amines is 1. The smallest absolute Gasteiger partial charge is 0.253 e. The van der Waals surface area contributed by atoms with Crippen LogP contribution in [-0.2, 0) is 4.74 Å². The van der Waals surface area contributed by atoms with Crippen LogP contribution in [-0.4, -0.2) is 52.8 Å². The van der Waals surface area contributed by atoms with Crippen LogP contribution in [0.15, 0.2) is 30.5 Å². The number of aromatic nitrogens is 1. The second kappa shape index (κ2) is 5.90. The lowest BCUT2D eigenvalue weighted by molar-refractivity contribution is -0.207. The highest BCUT2D eigenvalue weighted by Crippen LogP contribution is 2.51. The van der Waals surface area contributed by atoms with Crippen LogP contribution in [0.2, 0.25) is 0 Å². The van der Waals surface area contributed by atoms with Crippen LogP contribution in [0.1, 0.15) is 36.5 Å². The van der Waals surface area contributed by atoms with Gasteiger partial charge < -0.3 is 19.7 Å². The number of ether oxygens (including phenoxy) is 1. The maximum atomic E-state index is 12.8. The Kier molecular flexibility index (Phi) is 3.85. The van der Waals surface area contributed by atoms with Crippen molar-refractivity contribution in [2.75, 3.05) is 19.7 Å². The highest BCUT2D eigenvalue weighted by molar-refractivity contribution is 5.98. The van der Waals surface area contributed by atoms with Crippen LogP contribution < -0.4 is 0 Å². The first kappa shape index (κ1) is 15.7. The number of hydrogen-bond donors (Lipinski definition) is 2. The van der Waals surface area contributed by atoms with Gasteiger partial charge in [-0.2, -0.15) is 0 Å². The first-order valence-corrected chi connectivity index (χ1v) is 8.80. The number of nitrogens with zero attached hydrogens (tertiary/aromatic N) is 1. The molecule has 0 bridgehead atoms. The summed E-state index contributed by atoms with van der Waals surface area (Å²) in [6.45, 7) is 4.04. The highest BCUT2D eigenvalue weighted by atomic mass is 16.5. The molecule has 2 atom stereocenters. The van der Waals surface area contributed by atoms with Crippen LogP contribution in [0.25, 0.3) is 10.9 Å². The number of hydrogen-bond acceptors (Lipinski definition) is 3. The number of carbonyl (C=O) groups is 1. The number of H-pyrrole nitrogens is 1. The number of carbonyl (C=O) groups excluding carboxylic acids is 1. The van der Waals surface area contributed by atoms with E-state index in [1.165, 1.54) is 0 Å². The van der Waals surface area contributed by atoms with Crippen LogP contribution in [0.5, 0.6) is 0 Å². The topological polar surface area (TPSA) is 65.6 Å². The molecule has 0 unspecified atom stereocenters. The zero-order valence-corrected chi connectivity index (χ0v) is 14.0. The third-order valence-corrected chi connectivity index (χ3v) is 5.89. The molecule has 5 heteroatoms. The van der Waals surface area contributed by atoms with Crippen molar-refractivity contribution in [2.24, 2.45) is 5.41 Å². The Balaban J connectivity index is 1.46. The first-order valence-electron chi connectivity index (χ1n) is 8.80.